The topological polar surface area (TPSA) is 71.7 Å². The van der Waals surface area contributed by atoms with Gasteiger partial charge < -0.3 is 14.2 Å². The molecule has 0 spiro atoms. The van der Waals surface area contributed by atoms with E-state index in [9.17, 15) is 4.79 Å². The van der Waals surface area contributed by atoms with Crippen molar-refractivity contribution in [1.29, 1.82) is 0 Å². The van der Waals surface area contributed by atoms with E-state index in [0.29, 0.717) is 31.3 Å². The number of aryl methyl sites for hydroxylation is 2. The van der Waals surface area contributed by atoms with Gasteiger partial charge in [-0.3, -0.25) is 9.69 Å². The number of benzene rings is 1. The van der Waals surface area contributed by atoms with Crippen molar-refractivity contribution in [2.24, 2.45) is 0 Å². The summed E-state index contributed by atoms with van der Waals surface area (Å²) in [6.45, 7) is 8.50. The van der Waals surface area contributed by atoms with Crippen molar-refractivity contribution in [2.45, 2.75) is 39.7 Å². The van der Waals surface area contributed by atoms with Crippen LogP contribution in [0.4, 0.5) is 0 Å². The molecule has 1 aromatic carbocycles. The minimum absolute atomic E-state index is 0.231. The zero-order chi connectivity index (χ0) is 22.3. The Morgan fingerprint density at radius 1 is 1.16 bits per heavy atom. The van der Waals surface area contributed by atoms with Crippen molar-refractivity contribution in [1.82, 2.24) is 19.9 Å². The quantitative estimate of drug-likeness (QED) is 0.449. The fraction of sp³-hybridized carbons (Fsp3) is 0.458. The second-order valence-corrected chi connectivity index (χ2v) is 9.17. The molecule has 1 saturated heterocycles. The lowest BCUT2D eigenvalue weighted by Gasteiger charge is -2.34. The van der Waals surface area contributed by atoms with Crippen LogP contribution in [0.1, 0.15) is 36.3 Å². The number of ether oxygens (including phenoxy) is 1. The van der Waals surface area contributed by atoms with Gasteiger partial charge in [0.15, 0.2) is 0 Å². The molecule has 2 aromatic heterocycles. The Kier molecular flexibility index (Phi) is 7.55. The van der Waals surface area contributed by atoms with E-state index in [-0.39, 0.29) is 5.91 Å². The number of hydrogen-bond donors (Lipinski definition) is 0. The molecule has 1 amide bonds. The number of carbonyl (C=O) groups excluding carboxylic acids is 1. The number of piperazine rings is 1. The van der Waals surface area contributed by atoms with Crippen molar-refractivity contribution in [3.05, 3.63) is 52.7 Å². The predicted molar refractivity (Wildman–Crippen MR) is 125 cm³/mol. The number of rotatable bonds is 9. The summed E-state index contributed by atoms with van der Waals surface area (Å²) in [5.74, 6) is 2.44. The lowest BCUT2D eigenvalue weighted by molar-refractivity contribution is -0.133. The maximum atomic E-state index is 12.6. The van der Waals surface area contributed by atoms with E-state index >= 15 is 0 Å². The van der Waals surface area contributed by atoms with Crippen LogP contribution in [0.5, 0.6) is 5.75 Å². The highest BCUT2D eigenvalue weighted by atomic mass is 32.1. The van der Waals surface area contributed by atoms with Gasteiger partial charge in [0.2, 0.25) is 17.6 Å². The summed E-state index contributed by atoms with van der Waals surface area (Å²) in [6, 6.07) is 10.2. The lowest BCUT2D eigenvalue weighted by Crippen LogP contribution is -2.48. The number of unbranched alkanes of at least 4 members (excludes halogenated alkanes) is 1. The molecule has 0 saturated carbocycles. The predicted octanol–water partition coefficient (Wildman–Crippen LogP) is 4.31. The number of thiophene rings is 1. The average Bonchev–Trinajstić information content (AvgIpc) is 3.48. The Bertz CT molecular complexity index is 1010. The fourth-order valence-corrected chi connectivity index (χ4v) is 4.40. The van der Waals surface area contributed by atoms with Crippen molar-refractivity contribution in [3.63, 3.8) is 0 Å². The van der Waals surface area contributed by atoms with E-state index in [1.165, 1.54) is 5.56 Å². The first kappa shape index (κ1) is 22.5. The molecule has 4 rings (SSSR count). The Morgan fingerprint density at radius 3 is 2.78 bits per heavy atom. The minimum atomic E-state index is 0.231. The number of amides is 1. The highest BCUT2D eigenvalue weighted by Gasteiger charge is 2.22. The van der Waals surface area contributed by atoms with Crippen LogP contribution in [-0.4, -0.2) is 58.6 Å². The summed E-state index contributed by atoms with van der Waals surface area (Å²) in [6.07, 6.45) is 2.30. The molecule has 0 atom stereocenters. The Hall–Kier alpha value is -2.71. The molecule has 0 unspecified atom stereocenters. The molecular formula is C24H30N4O3S. The normalized spacial score (nSPS) is 14.6. The molecule has 3 heterocycles. The summed E-state index contributed by atoms with van der Waals surface area (Å²) >= 11 is 1.60. The van der Waals surface area contributed by atoms with Gasteiger partial charge in [0, 0.05) is 32.6 Å². The molecule has 32 heavy (non-hydrogen) atoms. The average molecular weight is 455 g/mol. The molecule has 3 aromatic rings. The smallest absolute Gasteiger partial charge is 0.241 e. The summed E-state index contributed by atoms with van der Waals surface area (Å²) in [4.78, 5) is 22.3. The SMILES string of the molecule is Cc1ccc(C)c(OCCCCC(=O)N2CCN(Cc3nc(-c4cccs4)no3)CC2)c1. The number of hydrogen-bond acceptors (Lipinski definition) is 7. The van der Waals surface area contributed by atoms with E-state index in [2.05, 4.69) is 47.1 Å². The van der Waals surface area contributed by atoms with Crippen LogP contribution in [0, 0.1) is 13.8 Å². The number of nitrogens with zero attached hydrogens (tertiary/aromatic N) is 4. The zero-order valence-electron chi connectivity index (χ0n) is 18.7. The van der Waals surface area contributed by atoms with Crippen molar-refractivity contribution in [2.75, 3.05) is 32.8 Å². The minimum Gasteiger partial charge on any atom is -0.493 e. The fourth-order valence-electron chi connectivity index (χ4n) is 3.75. The van der Waals surface area contributed by atoms with Crippen molar-refractivity contribution >= 4 is 17.2 Å². The Balaban J connectivity index is 1.13. The van der Waals surface area contributed by atoms with Gasteiger partial charge in [0.1, 0.15) is 5.75 Å². The summed E-state index contributed by atoms with van der Waals surface area (Å²) in [7, 11) is 0. The van der Waals surface area contributed by atoms with E-state index in [1.807, 2.05) is 22.4 Å². The molecule has 1 aliphatic rings. The molecule has 0 bridgehead atoms. The molecule has 8 heteroatoms. The van der Waals surface area contributed by atoms with E-state index in [0.717, 1.165) is 55.2 Å². The zero-order valence-corrected chi connectivity index (χ0v) is 19.6. The molecule has 1 fully saturated rings. The third-order valence-electron chi connectivity index (χ3n) is 5.68. The van der Waals surface area contributed by atoms with Gasteiger partial charge in [0.05, 0.1) is 18.0 Å². The number of carbonyl (C=O) groups is 1. The van der Waals surface area contributed by atoms with E-state index < -0.39 is 0 Å². The van der Waals surface area contributed by atoms with Crippen LogP contribution < -0.4 is 4.74 Å². The van der Waals surface area contributed by atoms with E-state index in [1.54, 1.807) is 11.3 Å². The summed E-state index contributed by atoms with van der Waals surface area (Å²) in [5, 5.41) is 6.07. The first-order valence-electron chi connectivity index (χ1n) is 11.1. The monoisotopic (exact) mass is 454 g/mol. The first-order valence-corrected chi connectivity index (χ1v) is 12.0. The van der Waals surface area contributed by atoms with Crippen LogP contribution in [-0.2, 0) is 11.3 Å². The third kappa shape index (κ3) is 5.95. The van der Waals surface area contributed by atoms with Gasteiger partial charge in [-0.05, 0) is 55.3 Å². The molecule has 7 nitrogen and oxygen atoms in total. The maximum absolute atomic E-state index is 12.6. The maximum Gasteiger partial charge on any atom is 0.241 e. The van der Waals surface area contributed by atoms with Crippen LogP contribution in [0.3, 0.4) is 0 Å². The van der Waals surface area contributed by atoms with Crippen molar-refractivity contribution in [3.8, 4) is 16.5 Å². The highest BCUT2D eigenvalue weighted by Crippen LogP contribution is 2.22. The molecule has 0 aliphatic carbocycles. The van der Waals surface area contributed by atoms with Crippen LogP contribution >= 0.6 is 11.3 Å². The second kappa shape index (κ2) is 10.7. The van der Waals surface area contributed by atoms with Crippen LogP contribution in [0.15, 0.2) is 40.2 Å². The summed E-state index contributed by atoms with van der Waals surface area (Å²) < 4.78 is 11.3. The molecular weight excluding hydrogens is 424 g/mol. The third-order valence-corrected chi connectivity index (χ3v) is 6.55. The van der Waals surface area contributed by atoms with Gasteiger partial charge in [-0.25, -0.2) is 0 Å². The Morgan fingerprint density at radius 2 is 2.00 bits per heavy atom. The molecule has 1 aliphatic heterocycles. The largest absolute Gasteiger partial charge is 0.493 e. The van der Waals surface area contributed by atoms with Gasteiger partial charge in [-0.15, -0.1) is 11.3 Å². The second-order valence-electron chi connectivity index (χ2n) is 8.22. The molecule has 0 radical (unpaired) electrons. The van der Waals surface area contributed by atoms with Crippen LogP contribution in [0.2, 0.25) is 0 Å². The van der Waals surface area contributed by atoms with Crippen LogP contribution in [0.25, 0.3) is 10.7 Å². The number of aromatic nitrogens is 2. The first-order chi connectivity index (χ1) is 15.6. The molecule has 0 N–H and O–H groups in total. The Labute approximate surface area is 193 Å². The van der Waals surface area contributed by atoms with Gasteiger partial charge >= 0.3 is 0 Å². The van der Waals surface area contributed by atoms with E-state index in [4.69, 9.17) is 9.26 Å². The van der Waals surface area contributed by atoms with Gasteiger partial charge in [-0.1, -0.05) is 23.4 Å². The highest BCUT2D eigenvalue weighted by molar-refractivity contribution is 7.13. The lowest BCUT2D eigenvalue weighted by atomic mass is 10.1. The van der Waals surface area contributed by atoms with Gasteiger partial charge in [-0.2, -0.15) is 4.98 Å². The molecule has 170 valence electrons. The van der Waals surface area contributed by atoms with Gasteiger partial charge in [0.25, 0.3) is 0 Å². The summed E-state index contributed by atoms with van der Waals surface area (Å²) in [5.41, 5.74) is 2.34. The standard InChI is InChI=1S/C24H30N4O3S/c1-18-8-9-19(2)20(16-18)30-14-4-3-7-23(29)28-12-10-27(11-13-28)17-22-25-24(26-31-22)21-6-5-15-32-21/h5-6,8-9,15-16H,3-4,7,10-14,17H2,1-2H3. The van der Waals surface area contributed by atoms with Crippen molar-refractivity contribution < 1.29 is 14.1 Å².